The maximum atomic E-state index is 2.49. The molecule has 3 rings (SSSR count). The summed E-state index contributed by atoms with van der Waals surface area (Å²) in [5, 5.41) is 0. The number of benzene rings is 3. The SMILES string of the molecule is Cc1cc(-c2c(I)cc(-c3c(C)cccc3I)cc2I)cc(I)c1C. The molecule has 25 heavy (non-hydrogen) atoms. The minimum Gasteiger partial charge on any atom is -0.0609 e. The summed E-state index contributed by atoms with van der Waals surface area (Å²) in [5.74, 6) is 0. The van der Waals surface area contributed by atoms with E-state index < -0.39 is 0 Å². The van der Waals surface area contributed by atoms with Crippen LogP contribution in [0.1, 0.15) is 16.7 Å². The smallest absolute Gasteiger partial charge is 0.0225 e. The Kier molecular flexibility index (Phi) is 6.74. The van der Waals surface area contributed by atoms with Crippen molar-refractivity contribution >= 4 is 90.4 Å². The van der Waals surface area contributed by atoms with Gasteiger partial charge in [-0.05, 0) is 169 Å². The summed E-state index contributed by atoms with van der Waals surface area (Å²) in [6, 6.07) is 15.8. The first-order chi connectivity index (χ1) is 11.8. The Bertz CT molecular complexity index is 907. The summed E-state index contributed by atoms with van der Waals surface area (Å²) in [6.45, 7) is 6.58. The molecule has 0 bridgehead atoms. The molecule has 3 aromatic rings. The van der Waals surface area contributed by atoms with E-state index >= 15 is 0 Å². The van der Waals surface area contributed by atoms with E-state index in [2.05, 4.69) is 154 Å². The molecule has 128 valence electrons. The van der Waals surface area contributed by atoms with Crippen LogP contribution in [-0.4, -0.2) is 0 Å². The van der Waals surface area contributed by atoms with Crippen molar-refractivity contribution in [1.82, 2.24) is 0 Å². The van der Waals surface area contributed by atoms with Crippen molar-refractivity contribution in [3.05, 3.63) is 73.4 Å². The molecule has 0 saturated carbocycles. The summed E-state index contributed by atoms with van der Waals surface area (Å²) in [6.07, 6.45) is 0. The van der Waals surface area contributed by atoms with Crippen molar-refractivity contribution in [3.63, 3.8) is 0 Å². The predicted octanol–water partition coefficient (Wildman–Crippen LogP) is 8.36. The molecule has 0 aliphatic heterocycles. The van der Waals surface area contributed by atoms with E-state index in [1.807, 2.05) is 0 Å². The van der Waals surface area contributed by atoms with Gasteiger partial charge in [0.05, 0.1) is 0 Å². The third-order valence-corrected chi connectivity index (χ3v) is 8.17. The Labute approximate surface area is 204 Å². The van der Waals surface area contributed by atoms with Crippen LogP contribution in [0, 0.1) is 35.1 Å². The molecule has 0 aliphatic rings. The molecule has 0 saturated heterocycles. The molecule has 0 N–H and O–H groups in total. The lowest BCUT2D eigenvalue weighted by Gasteiger charge is -2.15. The van der Waals surface area contributed by atoms with Crippen LogP contribution in [0.5, 0.6) is 0 Å². The van der Waals surface area contributed by atoms with Crippen molar-refractivity contribution in [2.24, 2.45) is 0 Å². The van der Waals surface area contributed by atoms with Crippen molar-refractivity contribution in [2.75, 3.05) is 0 Å². The van der Waals surface area contributed by atoms with Crippen molar-refractivity contribution in [2.45, 2.75) is 20.8 Å². The zero-order chi connectivity index (χ0) is 18.3. The van der Waals surface area contributed by atoms with E-state index in [4.69, 9.17) is 0 Å². The summed E-state index contributed by atoms with van der Waals surface area (Å²) >= 11 is 9.86. The fourth-order valence-corrected chi connectivity index (χ4v) is 7.05. The lowest BCUT2D eigenvalue weighted by atomic mass is 9.96. The van der Waals surface area contributed by atoms with Gasteiger partial charge in [-0.2, -0.15) is 0 Å². The standard InChI is InChI=1S/C21H16I4/c1-11-5-4-6-16(22)20(11)15-9-18(24)21(19(25)10-15)14-7-12(2)13(3)17(23)8-14/h4-10H,1-3H3. The largest absolute Gasteiger partial charge is 0.0609 e. The van der Waals surface area contributed by atoms with E-state index in [1.165, 1.54) is 53.2 Å². The lowest BCUT2D eigenvalue weighted by Crippen LogP contribution is -1.95. The van der Waals surface area contributed by atoms with Crippen LogP contribution in [0.15, 0.2) is 42.5 Å². The van der Waals surface area contributed by atoms with Gasteiger partial charge in [0, 0.05) is 19.8 Å². The zero-order valence-corrected chi connectivity index (χ0v) is 22.7. The van der Waals surface area contributed by atoms with Crippen LogP contribution in [-0.2, 0) is 0 Å². The van der Waals surface area contributed by atoms with Crippen LogP contribution < -0.4 is 0 Å². The highest BCUT2D eigenvalue weighted by molar-refractivity contribution is 14.1. The fourth-order valence-electron chi connectivity index (χ4n) is 2.95. The highest BCUT2D eigenvalue weighted by atomic mass is 127. The molecule has 4 heteroatoms. The first-order valence-corrected chi connectivity index (χ1v) is 12.1. The second-order valence-corrected chi connectivity index (χ2v) is 10.8. The summed E-state index contributed by atoms with van der Waals surface area (Å²) in [7, 11) is 0. The molecule has 0 atom stereocenters. The first kappa shape index (κ1) is 20.3. The van der Waals surface area contributed by atoms with Gasteiger partial charge in [-0.25, -0.2) is 0 Å². The molecule has 0 radical (unpaired) electrons. The molecular weight excluding hydrogens is 760 g/mol. The molecule has 0 heterocycles. The summed E-state index contributed by atoms with van der Waals surface area (Å²) < 4.78 is 5.24. The second kappa shape index (κ2) is 8.30. The average Bonchev–Trinajstić information content (AvgIpc) is 2.51. The molecule has 0 aliphatic carbocycles. The molecule has 0 nitrogen and oxygen atoms in total. The Hall–Kier alpha value is 0.580. The molecule has 0 aromatic heterocycles. The van der Waals surface area contributed by atoms with Gasteiger partial charge in [0.25, 0.3) is 0 Å². The van der Waals surface area contributed by atoms with E-state index in [-0.39, 0.29) is 0 Å². The van der Waals surface area contributed by atoms with E-state index in [1.54, 1.807) is 0 Å². The Morgan fingerprint density at radius 2 is 1.12 bits per heavy atom. The van der Waals surface area contributed by atoms with Gasteiger partial charge < -0.3 is 0 Å². The first-order valence-electron chi connectivity index (χ1n) is 7.81. The normalized spacial score (nSPS) is 11.0. The van der Waals surface area contributed by atoms with Crippen molar-refractivity contribution < 1.29 is 0 Å². The third kappa shape index (κ3) is 4.21. The van der Waals surface area contributed by atoms with Gasteiger partial charge in [0.2, 0.25) is 0 Å². The maximum Gasteiger partial charge on any atom is 0.0225 e. The number of rotatable bonds is 2. The monoisotopic (exact) mass is 776 g/mol. The topological polar surface area (TPSA) is 0 Å². The number of halogens is 4. The van der Waals surface area contributed by atoms with Gasteiger partial charge >= 0.3 is 0 Å². The minimum absolute atomic E-state index is 1.30. The van der Waals surface area contributed by atoms with Gasteiger partial charge in [0.1, 0.15) is 0 Å². The average molecular weight is 776 g/mol. The fraction of sp³-hybridized carbons (Fsp3) is 0.143. The van der Waals surface area contributed by atoms with Crippen LogP contribution >= 0.6 is 90.4 Å². The van der Waals surface area contributed by atoms with Crippen LogP contribution in [0.4, 0.5) is 0 Å². The molecule has 0 spiro atoms. The van der Waals surface area contributed by atoms with Crippen molar-refractivity contribution in [1.29, 1.82) is 0 Å². The molecule has 0 unspecified atom stereocenters. The van der Waals surface area contributed by atoms with E-state index in [0.29, 0.717) is 0 Å². The minimum atomic E-state index is 1.30. The maximum absolute atomic E-state index is 2.49. The van der Waals surface area contributed by atoms with Crippen LogP contribution in [0.3, 0.4) is 0 Å². The van der Waals surface area contributed by atoms with E-state index in [9.17, 15) is 0 Å². The molecule has 3 aromatic carbocycles. The second-order valence-electron chi connectivity index (χ2n) is 6.15. The molecular formula is C21H16I4. The predicted molar refractivity (Wildman–Crippen MR) is 142 cm³/mol. The van der Waals surface area contributed by atoms with Gasteiger partial charge in [-0.3, -0.25) is 0 Å². The molecule has 0 fully saturated rings. The quantitative estimate of drug-likeness (QED) is 0.230. The summed E-state index contributed by atoms with van der Waals surface area (Å²) in [4.78, 5) is 0. The molecule has 0 amide bonds. The van der Waals surface area contributed by atoms with Crippen LogP contribution in [0.25, 0.3) is 22.3 Å². The lowest BCUT2D eigenvalue weighted by molar-refractivity contribution is 1.31. The highest BCUT2D eigenvalue weighted by Gasteiger charge is 2.15. The van der Waals surface area contributed by atoms with Gasteiger partial charge in [0.15, 0.2) is 0 Å². The van der Waals surface area contributed by atoms with Crippen LogP contribution in [0.2, 0.25) is 0 Å². The highest BCUT2D eigenvalue weighted by Crippen LogP contribution is 2.38. The van der Waals surface area contributed by atoms with E-state index in [0.717, 1.165) is 0 Å². The van der Waals surface area contributed by atoms with Gasteiger partial charge in [-0.15, -0.1) is 0 Å². The Balaban J connectivity index is 2.20. The zero-order valence-electron chi connectivity index (χ0n) is 14.1. The van der Waals surface area contributed by atoms with Gasteiger partial charge in [-0.1, -0.05) is 18.2 Å². The number of aryl methyl sites for hydroxylation is 2. The Morgan fingerprint density at radius 3 is 1.68 bits per heavy atom. The Morgan fingerprint density at radius 1 is 0.560 bits per heavy atom. The number of hydrogen-bond acceptors (Lipinski definition) is 0. The summed E-state index contributed by atoms with van der Waals surface area (Å²) in [5.41, 5.74) is 9.36. The number of hydrogen-bond donors (Lipinski definition) is 0. The third-order valence-electron chi connectivity index (χ3n) is 4.45. The van der Waals surface area contributed by atoms with Crippen molar-refractivity contribution in [3.8, 4) is 22.3 Å².